The highest BCUT2D eigenvalue weighted by atomic mass is 16.5. The number of carbonyl (C=O) groups excluding carboxylic acids is 1. The Labute approximate surface area is 194 Å². The van der Waals surface area contributed by atoms with Gasteiger partial charge in [0.05, 0.1) is 11.8 Å². The van der Waals surface area contributed by atoms with Gasteiger partial charge in [-0.2, -0.15) is 0 Å². The molecule has 174 valence electrons. The number of rotatable bonds is 11. The number of nitrogens with zero attached hydrogens (tertiary/aromatic N) is 3. The minimum atomic E-state index is -0.182. The number of methoxy groups -OCH3 is 1. The van der Waals surface area contributed by atoms with Crippen molar-refractivity contribution >= 4 is 17.3 Å². The second-order valence-electron chi connectivity index (χ2n) is 7.88. The number of aliphatic hydroxyl groups excluding tert-OH is 1. The number of aromatic nitrogens is 3. The van der Waals surface area contributed by atoms with Crippen molar-refractivity contribution in [3.8, 4) is 0 Å². The first-order valence-corrected chi connectivity index (χ1v) is 11.0. The highest BCUT2D eigenvalue weighted by Gasteiger charge is 2.17. The van der Waals surface area contributed by atoms with E-state index in [1.54, 1.807) is 36.1 Å². The topological polar surface area (TPSA) is 115 Å². The molecule has 0 aliphatic heterocycles. The van der Waals surface area contributed by atoms with Crippen LogP contribution in [0.3, 0.4) is 0 Å². The molecule has 1 amide bonds. The lowest BCUT2D eigenvalue weighted by Gasteiger charge is -2.21. The van der Waals surface area contributed by atoms with Gasteiger partial charge in [-0.25, -0.2) is 0 Å². The van der Waals surface area contributed by atoms with Gasteiger partial charge in [0.15, 0.2) is 0 Å². The monoisotopic (exact) mass is 449 g/mol. The first-order valence-electron chi connectivity index (χ1n) is 11.0. The van der Waals surface area contributed by atoms with Crippen LogP contribution in [0.1, 0.15) is 41.1 Å². The number of amides is 1. The molecular weight excluding hydrogens is 418 g/mol. The molecule has 1 heterocycles. The van der Waals surface area contributed by atoms with Crippen LogP contribution >= 0.6 is 0 Å². The number of aliphatic hydroxyl groups is 1. The molecule has 8 heteroatoms. The molecule has 0 spiro atoms. The third-order valence-corrected chi connectivity index (χ3v) is 5.32. The van der Waals surface area contributed by atoms with Gasteiger partial charge in [0.2, 0.25) is 0 Å². The second kappa shape index (κ2) is 11.9. The number of hydrogen-bond acceptors (Lipinski definition) is 6. The Hall–Kier alpha value is -3.49. The standard InChI is InChI=1S/C25H31N5O3/c1-18(5-3-4-15-30-17-23(14-16-31)28-29-30)24(33-2)19-8-12-22(13-9-19)27-25(32)20-6-10-21(26)11-7-20/h3,5-13,17-18,24,31H,4,14-16,26H2,1-2H3,(H,27,32)/b5-3+/t18-,24+/m1/s1. The smallest absolute Gasteiger partial charge is 0.255 e. The molecule has 0 unspecified atom stereocenters. The highest BCUT2D eigenvalue weighted by Crippen LogP contribution is 2.27. The summed E-state index contributed by atoms with van der Waals surface area (Å²) in [6.45, 7) is 2.91. The fraction of sp³-hybridized carbons (Fsp3) is 0.320. The quantitative estimate of drug-likeness (QED) is 0.304. The van der Waals surface area contributed by atoms with Gasteiger partial charge in [-0.15, -0.1) is 5.10 Å². The van der Waals surface area contributed by atoms with Gasteiger partial charge < -0.3 is 20.9 Å². The number of benzene rings is 2. The summed E-state index contributed by atoms with van der Waals surface area (Å²) in [5, 5.41) is 19.9. The third kappa shape index (κ3) is 7.00. The Balaban J connectivity index is 1.53. The minimum absolute atomic E-state index is 0.0739. The largest absolute Gasteiger partial charge is 0.399 e. The number of ether oxygens (including phenoxy) is 1. The third-order valence-electron chi connectivity index (χ3n) is 5.32. The average molecular weight is 450 g/mol. The summed E-state index contributed by atoms with van der Waals surface area (Å²) >= 11 is 0. The van der Waals surface area contributed by atoms with E-state index in [4.69, 9.17) is 15.6 Å². The maximum absolute atomic E-state index is 12.4. The van der Waals surface area contributed by atoms with Crippen LogP contribution in [0.15, 0.2) is 66.9 Å². The first-order chi connectivity index (χ1) is 16.0. The van der Waals surface area contributed by atoms with Gasteiger partial charge in [-0.3, -0.25) is 9.48 Å². The van der Waals surface area contributed by atoms with Gasteiger partial charge in [0, 0.05) is 55.7 Å². The van der Waals surface area contributed by atoms with Gasteiger partial charge in [-0.05, 0) is 48.4 Å². The van der Waals surface area contributed by atoms with E-state index < -0.39 is 0 Å². The average Bonchev–Trinajstić information content (AvgIpc) is 3.26. The summed E-state index contributed by atoms with van der Waals surface area (Å²) in [4.78, 5) is 12.4. The van der Waals surface area contributed by atoms with E-state index in [9.17, 15) is 4.79 Å². The lowest BCUT2D eigenvalue weighted by atomic mass is 9.96. The number of anilines is 2. The molecule has 0 aliphatic carbocycles. The number of nitrogens with two attached hydrogens (primary N) is 1. The van der Waals surface area contributed by atoms with Crippen LogP contribution < -0.4 is 11.1 Å². The van der Waals surface area contributed by atoms with Crippen LogP contribution in [0.25, 0.3) is 0 Å². The van der Waals surface area contributed by atoms with E-state index in [1.165, 1.54) is 0 Å². The van der Waals surface area contributed by atoms with Crippen LogP contribution in [-0.4, -0.2) is 39.7 Å². The molecule has 2 atom stereocenters. The van der Waals surface area contributed by atoms with Crippen molar-refractivity contribution in [2.45, 2.75) is 32.4 Å². The summed E-state index contributed by atoms with van der Waals surface area (Å²) in [6, 6.07) is 14.5. The molecule has 1 aromatic heterocycles. The Bertz CT molecular complexity index is 1040. The van der Waals surface area contributed by atoms with Crippen LogP contribution in [0.5, 0.6) is 0 Å². The van der Waals surface area contributed by atoms with Crippen molar-refractivity contribution in [1.29, 1.82) is 0 Å². The van der Waals surface area contributed by atoms with Gasteiger partial charge >= 0.3 is 0 Å². The van der Waals surface area contributed by atoms with Gasteiger partial charge in [0.1, 0.15) is 0 Å². The van der Waals surface area contributed by atoms with E-state index in [0.717, 1.165) is 24.2 Å². The number of nitrogens with one attached hydrogen (secondary N) is 1. The molecule has 0 fully saturated rings. The predicted octanol–water partition coefficient (Wildman–Crippen LogP) is 3.62. The van der Waals surface area contributed by atoms with E-state index in [1.807, 2.05) is 30.5 Å². The number of aryl methyl sites for hydroxylation is 1. The molecule has 0 aliphatic rings. The molecular formula is C25H31N5O3. The predicted molar refractivity (Wildman–Crippen MR) is 129 cm³/mol. The molecule has 2 aromatic carbocycles. The molecule has 4 N–H and O–H groups in total. The summed E-state index contributed by atoms with van der Waals surface area (Å²) in [5.41, 5.74) is 9.39. The Morgan fingerprint density at radius 1 is 1.21 bits per heavy atom. The summed E-state index contributed by atoms with van der Waals surface area (Å²) in [6.07, 6.45) is 7.34. The molecule has 3 aromatic rings. The van der Waals surface area contributed by atoms with Crippen molar-refractivity contribution in [2.75, 3.05) is 24.8 Å². The van der Waals surface area contributed by atoms with E-state index in [2.05, 4.69) is 34.7 Å². The molecule has 0 saturated carbocycles. The van der Waals surface area contributed by atoms with Crippen LogP contribution in [0.2, 0.25) is 0 Å². The molecule has 8 nitrogen and oxygen atoms in total. The zero-order chi connectivity index (χ0) is 23.6. The molecule has 33 heavy (non-hydrogen) atoms. The fourth-order valence-electron chi connectivity index (χ4n) is 3.54. The summed E-state index contributed by atoms with van der Waals surface area (Å²) < 4.78 is 7.53. The summed E-state index contributed by atoms with van der Waals surface area (Å²) in [7, 11) is 1.70. The number of hydrogen-bond donors (Lipinski definition) is 3. The van der Waals surface area contributed by atoms with Crippen LogP contribution in [0.4, 0.5) is 11.4 Å². The van der Waals surface area contributed by atoms with Crippen molar-refractivity contribution in [2.24, 2.45) is 5.92 Å². The molecule has 0 radical (unpaired) electrons. The van der Waals surface area contributed by atoms with Crippen molar-refractivity contribution < 1.29 is 14.6 Å². The van der Waals surface area contributed by atoms with E-state index in [-0.39, 0.29) is 24.5 Å². The van der Waals surface area contributed by atoms with Gasteiger partial charge in [0.25, 0.3) is 5.91 Å². The Kier molecular flexibility index (Phi) is 8.74. The number of carbonyl (C=O) groups is 1. The first kappa shape index (κ1) is 24.2. The zero-order valence-corrected chi connectivity index (χ0v) is 19.0. The minimum Gasteiger partial charge on any atom is -0.399 e. The SMILES string of the molecule is CO[C@H](c1ccc(NC(=O)c2ccc(N)cc2)cc1)[C@H](C)/C=C/CCn1cc(CCO)nn1. The van der Waals surface area contributed by atoms with Crippen molar-refractivity contribution in [3.05, 3.63) is 83.7 Å². The van der Waals surface area contributed by atoms with Crippen molar-refractivity contribution in [1.82, 2.24) is 15.0 Å². The van der Waals surface area contributed by atoms with E-state index in [0.29, 0.717) is 23.4 Å². The maximum Gasteiger partial charge on any atom is 0.255 e. The lowest BCUT2D eigenvalue weighted by Crippen LogP contribution is -2.13. The number of nitrogen functional groups attached to an aromatic ring is 1. The zero-order valence-electron chi connectivity index (χ0n) is 19.0. The van der Waals surface area contributed by atoms with Crippen LogP contribution in [-0.2, 0) is 17.7 Å². The van der Waals surface area contributed by atoms with E-state index >= 15 is 0 Å². The molecule has 0 saturated heterocycles. The molecule has 3 rings (SSSR count). The Morgan fingerprint density at radius 2 is 1.94 bits per heavy atom. The lowest BCUT2D eigenvalue weighted by molar-refractivity contribution is 0.0741. The normalized spacial score (nSPS) is 13.2. The second-order valence-corrected chi connectivity index (χ2v) is 7.88. The maximum atomic E-state index is 12.4. The molecule has 0 bridgehead atoms. The van der Waals surface area contributed by atoms with Crippen LogP contribution in [0, 0.1) is 5.92 Å². The fourth-order valence-corrected chi connectivity index (χ4v) is 3.54. The highest BCUT2D eigenvalue weighted by molar-refractivity contribution is 6.04. The number of allylic oxidation sites excluding steroid dienone is 1. The van der Waals surface area contributed by atoms with Gasteiger partial charge in [-0.1, -0.05) is 36.4 Å². The Morgan fingerprint density at radius 3 is 2.61 bits per heavy atom. The summed E-state index contributed by atoms with van der Waals surface area (Å²) in [5.74, 6) is -0.0240. The van der Waals surface area contributed by atoms with Crippen molar-refractivity contribution in [3.63, 3.8) is 0 Å².